The van der Waals surface area contributed by atoms with Crippen molar-refractivity contribution in [3.63, 3.8) is 0 Å². The van der Waals surface area contributed by atoms with Crippen LogP contribution < -0.4 is 4.74 Å². The number of aromatic nitrogens is 4. The number of aryl methyl sites for hydroxylation is 2. The second-order valence-corrected chi connectivity index (χ2v) is 11.8. The third kappa shape index (κ3) is 5.44. The minimum absolute atomic E-state index is 0.0187. The first kappa shape index (κ1) is 28.1. The molecule has 0 spiro atoms. The van der Waals surface area contributed by atoms with Crippen LogP contribution in [0.2, 0.25) is 0 Å². The monoisotopic (exact) mass is 585 g/mol. The fourth-order valence-corrected chi connectivity index (χ4v) is 6.85. The zero-order chi connectivity index (χ0) is 29.4. The maximum atomic E-state index is 12.9. The Bertz CT molecular complexity index is 1760. The van der Waals surface area contributed by atoms with Crippen molar-refractivity contribution in [2.24, 2.45) is 7.05 Å². The fraction of sp³-hybridized carbons (Fsp3) is 0.375. The van der Waals surface area contributed by atoms with Crippen molar-refractivity contribution in [2.45, 2.75) is 58.7 Å². The molecule has 1 unspecified atom stereocenters. The Morgan fingerprint density at radius 3 is 2.90 bits per heavy atom. The molecule has 2 atom stereocenters. The van der Waals surface area contributed by atoms with E-state index in [1.165, 1.54) is 16.5 Å². The molecule has 1 aliphatic rings. The van der Waals surface area contributed by atoms with E-state index in [4.69, 9.17) is 9.47 Å². The number of carbonyl (C=O) groups excluding carboxylic acids is 1. The van der Waals surface area contributed by atoms with Gasteiger partial charge in [-0.3, -0.25) is 14.7 Å². The zero-order valence-corrected chi connectivity index (χ0v) is 25.1. The van der Waals surface area contributed by atoms with E-state index >= 15 is 0 Å². The van der Waals surface area contributed by atoms with Crippen LogP contribution in [0.15, 0.2) is 48.0 Å². The molecule has 1 N–H and O–H groups in total. The molecule has 2 aromatic carbocycles. The lowest BCUT2D eigenvalue weighted by Crippen LogP contribution is -2.32. The number of thiophene rings is 1. The molecule has 218 valence electrons. The molecular formula is C32H35N5O4S. The molecule has 6 rings (SSSR count). The van der Waals surface area contributed by atoms with Crippen LogP contribution in [0.3, 0.4) is 0 Å². The highest BCUT2D eigenvalue weighted by Gasteiger charge is 2.27. The van der Waals surface area contributed by atoms with Gasteiger partial charge < -0.3 is 14.6 Å². The molecular weight excluding hydrogens is 550 g/mol. The molecule has 0 fully saturated rings. The predicted octanol–water partition coefficient (Wildman–Crippen LogP) is 5.85. The number of aromatic hydroxyl groups is 1. The summed E-state index contributed by atoms with van der Waals surface area (Å²) in [5.41, 5.74) is 6.94. The van der Waals surface area contributed by atoms with E-state index in [1.807, 2.05) is 20.0 Å². The number of nitrogens with zero attached hydrogens (tertiary/aromatic N) is 5. The Kier molecular flexibility index (Phi) is 7.83. The third-order valence-corrected chi connectivity index (χ3v) is 9.08. The normalized spacial score (nSPS) is 16.2. The number of hydrogen-bond acceptors (Lipinski definition) is 9. The molecule has 0 aliphatic carbocycles. The predicted molar refractivity (Wildman–Crippen MR) is 163 cm³/mol. The molecule has 42 heavy (non-hydrogen) atoms. The van der Waals surface area contributed by atoms with Crippen LogP contribution in [0.4, 0.5) is 0 Å². The largest absolute Gasteiger partial charge is 0.506 e. The van der Waals surface area contributed by atoms with Gasteiger partial charge in [-0.25, -0.2) is 4.68 Å². The summed E-state index contributed by atoms with van der Waals surface area (Å²) in [5.74, 6) is 0.311. The van der Waals surface area contributed by atoms with Crippen molar-refractivity contribution in [3.05, 3.63) is 75.9 Å². The standard InChI is InChI=1S/C32H35N5O4S/c1-5-24-17-37(18-27-29(41-24)13-23(38)15-33-27)16-22-12-21(11-20-9-10-42-32(20)22)26(14-30(39)40-6-2)25-7-8-28-31(19(25)3)34-35-36(28)4/h7-13,15,24,26,38H,5-6,14,16-18H2,1-4H3/t24-,26?/m1/s1. The topological polar surface area (TPSA) is 103 Å². The van der Waals surface area contributed by atoms with Gasteiger partial charge in [0.25, 0.3) is 0 Å². The molecule has 4 heterocycles. The van der Waals surface area contributed by atoms with E-state index in [0.29, 0.717) is 25.4 Å². The van der Waals surface area contributed by atoms with Gasteiger partial charge >= 0.3 is 5.97 Å². The zero-order valence-electron chi connectivity index (χ0n) is 24.3. The highest BCUT2D eigenvalue weighted by Crippen LogP contribution is 2.38. The smallest absolute Gasteiger partial charge is 0.306 e. The van der Waals surface area contributed by atoms with E-state index in [2.05, 4.69) is 63.7 Å². The number of carbonyl (C=O) groups is 1. The summed E-state index contributed by atoms with van der Waals surface area (Å²) in [5, 5.41) is 21.9. The first-order valence-electron chi connectivity index (χ1n) is 14.4. The first-order chi connectivity index (χ1) is 20.3. The summed E-state index contributed by atoms with van der Waals surface area (Å²) in [6.07, 6.45) is 2.52. The van der Waals surface area contributed by atoms with E-state index in [0.717, 1.165) is 51.8 Å². The van der Waals surface area contributed by atoms with Gasteiger partial charge in [0.15, 0.2) is 0 Å². The Labute approximate surface area is 248 Å². The summed E-state index contributed by atoms with van der Waals surface area (Å²) < 4.78 is 14.7. The van der Waals surface area contributed by atoms with Crippen molar-refractivity contribution in [1.29, 1.82) is 0 Å². The maximum absolute atomic E-state index is 12.9. The molecule has 1 aliphatic heterocycles. The van der Waals surface area contributed by atoms with Crippen molar-refractivity contribution < 1.29 is 19.4 Å². The van der Waals surface area contributed by atoms with Gasteiger partial charge in [0.2, 0.25) is 0 Å². The van der Waals surface area contributed by atoms with Crippen LogP contribution in [0, 0.1) is 6.92 Å². The SMILES string of the molecule is CCOC(=O)CC(c1cc(CN2Cc3ncc(O)cc3O[C@H](CC)C2)c2sccc2c1)c1ccc2c(nnn2C)c1C. The lowest BCUT2D eigenvalue weighted by Gasteiger charge is -2.25. The number of esters is 1. The number of rotatable bonds is 8. The van der Waals surface area contributed by atoms with E-state index in [-0.39, 0.29) is 30.2 Å². The van der Waals surface area contributed by atoms with Gasteiger partial charge in [-0.15, -0.1) is 16.4 Å². The first-order valence-corrected chi connectivity index (χ1v) is 15.2. The number of fused-ring (bicyclic) bond motifs is 3. The third-order valence-electron chi connectivity index (χ3n) is 8.08. The van der Waals surface area contributed by atoms with Crippen LogP contribution in [-0.2, 0) is 29.7 Å². The lowest BCUT2D eigenvalue weighted by molar-refractivity contribution is -0.143. The van der Waals surface area contributed by atoms with Gasteiger partial charge in [0.1, 0.15) is 23.1 Å². The molecule has 3 aromatic heterocycles. The van der Waals surface area contributed by atoms with Gasteiger partial charge in [-0.2, -0.15) is 0 Å². The highest BCUT2D eigenvalue weighted by molar-refractivity contribution is 7.17. The van der Waals surface area contributed by atoms with Crippen LogP contribution >= 0.6 is 11.3 Å². The summed E-state index contributed by atoms with van der Waals surface area (Å²) in [6.45, 7) is 8.38. The van der Waals surface area contributed by atoms with Crippen molar-refractivity contribution in [1.82, 2.24) is 24.9 Å². The van der Waals surface area contributed by atoms with Crippen molar-refractivity contribution in [3.8, 4) is 11.5 Å². The molecule has 0 saturated heterocycles. The van der Waals surface area contributed by atoms with E-state index < -0.39 is 0 Å². The Hall–Kier alpha value is -4.02. The summed E-state index contributed by atoms with van der Waals surface area (Å²) in [6, 6.07) is 12.4. The highest BCUT2D eigenvalue weighted by atomic mass is 32.1. The summed E-state index contributed by atoms with van der Waals surface area (Å²) >= 11 is 1.73. The van der Waals surface area contributed by atoms with E-state index in [1.54, 1.807) is 22.1 Å². The number of benzene rings is 2. The van der Waals surface area contributed by atoms with Crippen LogP contribution in [0.5, 0.6) is 11.5 Å². The second-order valence-electron chi connectivity index (χ2n) is 10.9. The minimum Gasteiger partial charge on any atom is -0.506 e. The Balaban J connectivity index is 1.42. The number of pyridine rings is 1. The fourth-order valence-electron chi connectivity index (χ4n) is 5.96. The maximum Gasteiger partial charge on any atom is 0.306 e. The molecule has 5 aromatic rings. The minimum atomic E-state index is -0.227. The van der Waals surface area contributed by atoms with Gasteiger partial charge in [0, 0.05) is 43.4 Å². The molecule has 0 amide bonds. The quantitative estimate of drug-likeness (QED) is 0.226. The molecule has 0 bridgehead atoms. The molecule has 0 saturated carbocycles. The van der Waals surface area contributed by atoms with Gasteiger partial charge in [0.05, 0.1) is 30.4 Å². The average molecular weight is 586 g/mol. The van der Waals surface area contributed by atoms with Crippen molar-refractivity contribution >= 4 is 38.4 Å². The summed E-state index contributed by atoms with van der Waals surface area (Å²) in [4.78, 5) is 19.8. The van der Waals surface area contributed by atoms with Crippen molar-refractivity contribution in [2.75, 3.05) is 13.2 Å². The Morgan fingerprint density at radius 1 is 1.24 bits per heavy atom. The average Bonchev–Trinajstić information content (AvgIpc) is 3.56. The second kappa shape index (κ2) is 11.7. The van der Waals surface area contributed by atoms with E-state index in [9.17, 15) is 9.90 Å². The van der Waals surface area contributed by atoms with Gasteiger partial charge in [-0.1, -0.05) is 24.3 Å². The molecule has 0 radical (unpaired) electrons. The van der Waals surface area contributed by atoms with Crippen LogP contribution in [0.1, 0.15) is 60.6 Å². The summed E-state index contributed by atoms with van der Waals surface area (Å²) in [7, 11) is 1.88. The van der Waals surface area contributed by atoms with Crippen LogP contribution in [-0.4, -0.2) is 55.2 Å². The molecule has 10 heteroatoms. The lowest BCUT2D eigenvalue weighted by atomic mass is 9.84. The number of ether oxygens (including phenoxy) is 2. The Morgan fingerprint density at radius 2 is 2.10 bits per heavy atom. The van der Waals surface area contributed by atoms with Gasteiger partial charge in [-0.05, 0) is 71.5 Å². The molecule has 9 nitrogen and oxygen atoms in total. The number of hydrogen-bond donors (Lipinski definition) is 1. The van der Waals surface area contributed by atoms with Crippen LogP contribution in [0.25, 0.3) is 21.1 Å².